The highest BCUT2D eigenvalue weighted by atomic mass is 32.2. The molecule has 6 heteroatoms. The van der Waals surface area contributed by atoms with Crippen LogP contribution in [0.15, 0.2) is 29.2 Å². The number of hydrogen-bond acceptors (Lipinski definition) is 4. The Labute approximate surface area is 120 Å². The monoisotopic (exact) mass is 299 g/mol. The lowest BCUT2D eigenvalue weighted by molar-refractivity contribution is -0.0599. The fraction of sp³-hybridized carbons (Fsp3) is 0.571. The SMILES string of the molecule is CC1(C)CC(NS(=O)(=O)c2ccc(CO)cc2)CCO1. The zero-order chi connectivity index (χ0) is 14.8. The largest absolute Gasteiger partial charge is 0.392 e. The van der Waals surface area contributed by atoms with Crippen LogP contribution in [-0.2, 0) is 21.4 Å². The van der Waals surface area contributed by atoms with Crippen LogP contribution in [0, 0.1) is 0 Å². The number of ether oxygens (including phenoxy) is 1. The van der Waals surface area contributed by atoms with Gasteiger partial charge in [-0.15, -0.1) is 0 Å². The van der Waals surface area contributed by atoms with E-state index in [-0.39, 0.29) is 23.1 Å². The number of aliphatic hydroxyl groups excluding tert-OH is 1. The second kappa shape index (κ2) is 5.81. The van der Waals surface area contributed by atoms with E-state index in [4.69, 9.17) is 9.84 Å². The van der Waals surface area contributed by atoms with Gasteiger partial charge < -0.3 is 9.84 Å². The number of nitrogens with one attached hydrogen (secondary N) is 1. The van der Waals surface area contributed by atoms with Crippen molar-refractivity contribution in [1.29, 1.82) is 0 Å². The first kappa shape index (κ1) is 15.4. The van der Waals surface area contributed by atoms with E-state index in [1.54, 1.807) is 12.1 Å². The smallest absolute Gasteiger partial charge is 0.240 e. The van der Waals surface area contributed by atoms with E-state index >= 15 is 0 Å². The predicted molar refractivity (Wildman–Crippen MR) is 75.7 cm³/mol. The van der Waals surface area contributed by atoms with E-state index in [2.05, 4.69) is 4.72 Å². The molecule has 1 aliphatic rings. The average molecular weight is 299 g/mol. The van der Waals surface area contributed by atoms with Crippen LogP contribution in [0.5, 0.6) is 0 Å². The third-order valence-electron chi connectivity index (χ3n) is 3.44. The minimum atomic E-state index is -3.52. The van der Waals surface area contributed by atoms with Crippen molar-refractivity contribution in [2.45, 2.75) is 49.8 Å². The summed E-state index contributed by atoms with van der Waals surface area (Å²) in [6.07, 6.45) is 1.33. The van der Waals surface area contributed by atoms with Crippen molar-refractivity contribution in [3.63, 3.8) is 0 Å². The Morgan fingerprint density at radius 2 is 2.00 bits per heavy atom. The van der Waals surface area contributed by atoms with Gasteiger partial charge >= 0.3 is 0 Å². The van der Waals surface area contributed by atoms with Crippen LogP contribution in [0.4, 0.5) is 0 Å². The fourth-order valence-electron chi connectivity index (χ4n) is 2.39. The maximum absolute atomic E-state index is 12.3. The van der Waals surface area contributed by atoms with Crippen LogP contribution in [0.3, 0.4) is 0 Å². The lowest BCUT2D eigenvalue weighted by Gasteiger charge is -2.35. The maximum atomic E-state index is 12.3. The summed E-state index contributed by atoms with van der Waals surface area (Å²) in [5, 5.41) is 8.97. The Bertz CT molecular complexity index is 551. The first-order valence-electron chi connectivity index (χ1n) is 6.68. The molecule has 1 heterocycles. The van der Waals surface area contributed by atoms with Gasteiger partial charge in [-0.2, -0.15) is 0 Å². The molecule has 0 amide bonds. The van der Waals surface area contributed by atoms with Crippen molar-refractivity contribution in [2.75, 3.05) is 6.61 Å². The van der Waals surface area contributed by atoms with Gasteiger partial charge in [-0.05, 0) is 44.4 Å². The summed E-state index contributed by atoms with van der Waals surface area (Å²) < 4.78 is 32.9. The molecule has 1 unspecified atom stereocenters. The van der Waals surface area contributed by atoms with Gasteiger partial charge in [0, 0.05) is 12.6 Å². The van der Waals surface area contributed by atoms with E-state index in [0.717, 1.165) is 0 Å². The molecular weight excluding hydrogens is 278 g/mol. The topological polar surface area (TPSA) is 75.6 Å². The van der Waals surface area contributed by atoms with Crippen molar-refractivity contribution in [2.24, 2.45) is 0 Å². The van der Waals surface area contributed by atoms with Crippen molar-refractivity contribution in [3.8, 4) is 0 Å². The molecule has 2 rings (SSSR count). The molecule has 1 saturated heterocycles. The standard InChI is InChI=1S/C14H21NO4S/c1-14(2)9-12(7-8-19-14)15-20(17,18)13-5-3-11(10-16)4-6-13/h3-6,12,15-16H,7-10H2,1-2H3. The molecule has 0 spiro atoms. The molecular formula is C14H21NO4S. The molecule has 112 valence electrons. The Morgan fingerprint density at radius 1 is 1.35 bits per heavy atom. The summed E-state index contributed by atoms with van der Waals surface area (Å²) in [4.78, 5) is 0.221. The van der Waals surface area contributed by atoms with Crippen LogP contribution < -0.4 is 4.72 Å². The molecule has 2 N–H and O–H groups in total. The van der Waals surface area contributed by atoms with Gasteiger partial charge in [0.05, 0.1) is 17.1 Å². The molecule has 1 aromatic rings. The molecule has 20 heavy (non-hydrogen) atoms. The highest BCUT2D eigenvalue weighted by Gasteiger charge is 2.31. The fourth-order valence-corrected chi connectivity index (χ4v) is 3.66. The quantitative estimate of drug-likeness (QED) is 0.881. The normalized spacial score (nSPS) is 22.6. The average Bonchev–Trinajstić information content (AvgIpc) is 2.37. The third kappa shape index (κ3) is 3.79. The summed E-state index contributed by atoms with van der Waals surface area (Å²) in [6.45, 7) is 4.39. The predicted octanol–water partition coefficient (Wildman–Crippen LogP) is 1.41. The minimum absolute atomic E-state index is 0.0953. The Kier molecular flexibility index (Phi) is 4.49. The Hall–Kier alpha value is -0.950. The first-order valence-corrected chi connectivity index (χ1v) is 8.17. The number of rotatable bonds is 4. The van der Waals surface area contributed by atoms with E-state index in [0.29, 0.717) is 25.0 Å². The van der Waals surface area contributed by atoms with Crippen molar-refractivity contribution >= 4 is 10.0 Å². The van der Waals surface area contributed by atoms with Gasteiger partial charge in [0.15, 0.2) is 0 Å². The Balaban J connectivity index is 2.10. The second-order valence-electron chi connectivity index (χ2n) is 5.72. The van der Waals surface area contributed by atoms with E-state index in [9.17, 15) is 8.42 Å². The number of hydrogen-bond donors (Lipinski definition) is 2. The van der Waals surface area contributed by atoms with Gasteiger partial charge in [-0.1, -0.05) is 12.1 Å². The summed E-state index contributed by atoms with van der Waals surface area (Å²) >= 11 is 0. The highest BCUT2D eigenvalue weighted by molar-refractivity contribution is 7.89. The molecule has 1 fully saturated rings. The van der Waals surface area contributed by atoms with Gasteiger partial charge in [0.25, 0.3) is 0 Å². The molecule has 0 bridgehead atoms. The highest BCUT2D eigenvalue weighted by Crippen LogP contribution is 2.25. The summed E-state index contributed by atoms with van der Waals surface area (Å²) in [7, 11) is -3.52. The summed E-state index contributed by atoms with van der Waals surface area (Å²) in [6, 6.07) is 6.14. The van der Waals surface area contributed by atoms with Crippen LogP contribution in [-0.4, -0.2) is 31.8 Å². The Morgan fingerprint density at radius 3 is 2.55 bits per heavy atom. The lowest BCUT2D eigenvalue weighted by atomic mass is 9.95. The van der Waals surface area contributed by atoms with E-state index < -0.39 is 10.0 Å². The molecule has 0 saturated carbocycles. The minimum Gasteiger partial charge on any atom is -0.392 e. The third-order valence-corrected chi connectivity index (χ3v) is 4.97. The van der Waals surface area contributed by atoms with Gasteiger partial charge in [-0.25, -0.2) is 13.1 Å². The number of aliphatic hydroxyl groups is 1. The van der Waals surface area contributed by atoms with Crippen molar-refractivity contribution in [3.05, 3.63) is 29.8 Å². The second-order valence-corrected chi connectivity index (χ2v) is 7.44. The van der Waals surface area contributed by atoms with Crippen molar-refractivity contribution < 1.29 is 18.3 Å². The van der Waals surface area contributed by atoms with E-state index in [1.807, 2.05) is 13.8 Å². The van der Waals surface area contributed by atoms with Gasteiger partial charge in [-0.3, -0.25) is 0 Å². The van der Waals surface area contributed by atoms with Crippen LogP contribution in [0.1, 0.15) is 32.3 Å². The molecule has 5 nitrogen and oxygen atoms in total. The molecule has 0 aromatic heterocycles. The molecule has 0 aliphatic carbocycles. The number of sulfonamides is 1. The molecule has 1 atom stereocenters. The van der Waals surface area contributed by atoms with Crippen LogP contribution in [0.25, 0.3) is 0 Å². The maximum Gasteiger partial charge on any atom is 0.240 e. The van der Waals surface area contributed by atoms with Crippen LogP contribution >= 0.6 is 0 Å². The van der Waals surface area contributed by atoms with Crippen molar-refractivity contribution in [1.82, 2.24) is 4.72 Å². The summed E-state index contributed by atoms with van der Waals surface area (Å²) in [5.41, 5.74) is 0.391. The number of benzene rings is 1. The zero-order valence-electron chi connectivity index (χ0n) is 11.8. The van der Waals surface area contributed by atoms with E-state index in [1.165, 1.54) is 12.1 Å². The zero-order valence-corrected chi connectivity index (χ0v) is 12.6. The van der Waals surface area contributed by atoms with Gasteiger partial charge in [0.1, 0.15) is 0 Å². The molecule has 0 radical (unpaired) electrons. The molecule has 1 aromatic carbocycles. The first-order chi connectivity index (χ1) is 9.32. The van der Waals surface area contributed by atoms with Gasteiger partial charge in [0.2, 0.25) is 10.0 Å². The lowest BCUT2D eigenvalue weighted by Crippen LogP contribution is -2.45. The molecule has 1 aliphatic heterocycles. The van der Waals surface area contributed by atoms with Crippen LogP contribution in [0.2, 0.25) is 0 Å². The summed E-state index contributed by atoms with van der Waals surface area (Å²) in [5.74, 6) is 0.